The summed E-state index contributed by atoms with van der Waals surface area (Å²) >= 11 is 0. The first-order valence-electron chi connectivity index (χ1n) is 13.2. The number of hydrogen-bond acceptors (Lipinski definition) is 5. The summed E-state index contributed by atoms with van der Waals surface area (Å²) in [5.41, 5.74) is 0.343. The van der Waals surface area contributed by atoms with Gasteiger partial charge in [-0.1, -0.05) is 0 Å². The summed E-state index contributed by atoms with van der Waals surface area (Å²) in [6, 6.07) is 2.17. The van der Waals surface area contributed by atoms with Crippen molar-refractivity contribution in [1.29, 1.82) is 0 Å². The Labute approximate surface area is 192 Å². The van der Waals surface area contributed by atoms with E-state index in [4.69, 9.17) is 9.97 Å². The summed E-state index contributed by atoms with van der Waals surface area (Å²) in [6.07, 6.45) is 13.0. The van der Waals surface area contributed by atoms with Crippen molar-refractivity contribution < 1.29 is 4.79 Å². The second-order valence-electron chi connectivity index (χ2n) is 11.6. The van der Waals surface area contributed by atoms with Crippen molar-refractivity contribution in [2.24, 2.45) is 23.2 Å². The van der Waals surface area contributed by atoms with E-state index in [-0.39, 0.29) is 0 Å². The predicted octanol–water partition coefficient (Wildman–Crippen LogP) is 4.03. The van der Waals surface area contributed by atoms with Crippen LogP contribution in [0.1, 0.15) is 70.0 Å². The minimum absolute atomic E-state index is 0.343. The van der Waals surface area contributed by atoms with Gasteiger partial charge in [-0.25, -0.2) is 9.97 Å². The van der Waals surface area contributed by atoms with E-state index in [1.54, 1.807) is 0 Å². The Morgan fingerprint density at radius 2 is 1.38 bits per heavy atom. The fraction of sp³-hybridized carbons (Fsp3) is 0.808. The molecule has 7 rings (SSSR count). The Morgan fingerprint density at radius 1 is 0.844 bits per heavy atom. The molecule has 2 saturated heterocycles. The lowest BCUT2D eigenvalue weighted by atomic mass is 9.49. The normalized spacial score (nSPS) is 34.3. The van der Waals surface area contributed by atoms with Crippen molar-refractivity contribution in [2.45, 2.75) is 71.1 Å². The summed E-state index contributed by atoms with van der Waals surface area (Å²) in [5, 5.41) is 0. The SMILES string of the molecule is Cc1nc(N2CCCCC2)cc(N2CCN(C(=O)CC34CC5CC(CC(C5)C3)C4)CC2)n1. The van der Waals surface area contributed by atoms with Crippen LogP contribution in [0.4, 0.5) is 11.6 Å². The molecule has 0 N–H and O–H groups in total. The highest BCUT2D eigenvalue weighted by molar-refractivity contribution is 5.77. The third-order valence-electron chi connectivity index (χ3n) is 9.14. The van der Waals surface area contributed by atoms with Crippen molar-refractivity contribution in [3.8, 4) is 0 Å². The van der Waals surface area contributed by atoms with Crippen LogP contribution < -0.4 is 9.80 Å². The molecule has 0 aromatic carbocycles. The molecule has 6 nitrogen and oxygen atoms in total. The molecule has 2 aliphatic heterocycles. The zero-order valence-electron chi connectivity index (χ0n) is 19.8. The van der Waals surface area contributed by atoms with Gasteiger partial charge in [-0.05, 0) is 87.9 Å². The summed E-state index contributed by atoms with van der Waals surface area (Å²) in [7, 11) is 0. The maximum Gasteiger partial charge on any atom is 0.223 e. The number of hydrogen-bond donors (Lipinski definition) is 0. The number of rotatable bonds is 4. The van der Waals surface area contributed by atoms with E-state index in [0.29, 0.717) is 11.3 Å². The Bertz CT molecular complexity index is 820. The van der Waals surface area contributed by atoms with Gasteiger partial charge in [0.1, 0.15) is 17.5 Å². The molecule has 6 aliphatic rings. The molecular weight excluding hydrogens is 398 g/mol. The van der Waals surface area contributed by atoms with E-state index >= 15 is 0 Å². The lowest BCUT2D eigenvalue weighted by Gasteiger charge is -2.57. The minimum atomic E-state index is 0.343. The highest BCUT2D eigenvalue weighted by Gasteiger charge is 2.51. The Morgan fingerprint density at radius 3 is 1.94 bits per heavy atom. The molecule has 1 aromatic rings. The number of carbonyl (C=O) groups excluding carboxylic acids is 1. The maximum atomic E-state index is 13.3. The second kappa shape index (κ2) is 8.18. The molecule has 32 heavy (non-hydrogen) atoms. The van der Waals surface area contributed by atoms with Gasteiger partial charge in [-0.3, -0.25) is 4.79 Å². The molecule has 0 unspecified atom stereocenters. The number of anilines is 2. The average Bonchev–Trinajstić information content (AvgIpc) is 2.78. The average molecular weight is 438 g/mol. The molecule has 1 amide bonds. The molecule has 0 atom stereocenters. The lowest BCUT2D eigenvalue weighted by Crippen LogP contribution is -2.52. The van der Waals surface area contributed by atoms with Crippen LogP contribution in [0.15, 0.2) is 6.07 Å². The molecule has 3 heterocycles. The first-order chi connectivity index (χ1) is 15.6. The summed E-state index contributed by atoms with van der Waals surface area (Å²) in [5.74, 6) is 6.13. The van der Waals surface area contributed by atoms with Gasteiger partial charge in [0, 0.05) is 51.8 Å². The number of carbonyl (C=O) groups is 1. The van der Waals surface area contributed by atoms with Crippen LogP contribution in [0, 0.1) is 30.1 Å². The molecule has 6 fully saturated rings. The molecule has 1 aromatic heterocycles. The molecule has 0 radical (unpaired) electrons. The van der Waals surface area contributed by atoms with Crippen LogP contribution in [0.25, 0.3) is 0 Å². The first kappa shape index (κ1) is 20.7. The zero-order valence-corrected chi connectivity index (χ0v) is 19.8. The van der Waals surface area contributed by atoms with Crippen LogP contribution in [-0.4, -0.2) is 60.0 Å². The topological polar surface area (TPSA) is 52.6 Å². The maximum absolute atomic E-state index is 13.3. The zero-order chi connectivity index (χ0) is 21.7. The quantitative estimate of drug-likeness (QED) is 0.712. The Balaban J connectivity index is 1.08. The Hall–Kier alpha value is -1.85. The number of nitrogens with zero attached hydrogens (tertiary/aromatic N) is 5. The van der Waals surface area contributed by atoms with Crippen LogP contribution in [0.5, 0.6) is 0 Å². The van der Waals surface area contributed by atoms with Crippen LogP contribution in [-0.2, 0) is 4.79 Å². The van der Waals surface area contributed by atoms with Crippen LogP contribution >= 0.6 is 0 Å². The van der Waals surface area contributed by atoms with E-state index in [2.05, 4.69) is 20.8 Å². The van der Waals surface area contributed by atoms with E-state index in [1.165, 1.54) is 57.8 Å². The highest BCUT2D eigenvalue weighted by atomic mass is 16.2. The molecule has 4 aliphatic carbocycles. The summed E-state index contributed by atoms with van der Waals surface area (Å²) in [6.45, 7) is 7.61. The molecule has 0 spiro atoms. The number of piperazine rings is 1. The van der Waals surface area contributed by atoms with Crippen molar-refractivity contribution >= 4 is 17.5 Å². The largest absolute Gasteiger partial charge is 0.356 e. The van der Waals surface area contributed by atoms with Crippen molar-refractivity contribution in [1.82, 2.24) is 14.9 Å². The van der Waals surface area contributed by atoms with Crippen molar-refractivity contribution in [3.63, 3.8) is 0 Å². The molecule has 4 saturated carbocycles. The van der Waals surface area contributed by atoms with Gasteiger partial charge in [0.25, 0.3) is 0 Å². The van der Waals surface area contributed by atoms with Gasteiger partial charge in [0.05, 0.1) is 0 Å². The predicted molar refractivity (Wildman–Crippen MR) is 127 cm³/mol. The highest BCUT2D eigenvalue weighted by Crippen LogP contribution is 2.61. The molecule has 6 heteroatoms. The third kappa shape index (κ3) is 3.99. The second-order valence-corrected chi connectivity index (χ2v) is 11.6. The van der Waals surface area contributed by atoms with E-state index in [9.17, 15) is 4.79 Å². The number of aryl methyl sites for hydroxylation is 1. The number of aromatic nitrogens is 2. The summed E-state index contributed by atoms with van der Waals surface area (Å²) < 4.78 is 0. The van der Waals surface area contributed by atoms with Gasteiger partial charge >= 0.3 is 0 Å². The van der Waals surface area contributed by atoms with Gasteiger partial charge in [-0.2, -0.15) is 0 Å². The van der Waals surface area contributed by atoms with Crippen LogP contribution in [0.3, 0.4) is 0 Å². The lowest BCUT2D eigenvalue weighted by molar-refractivity contribution is -0.139. The van der Waals surface area contributed by atoms with Gasteiger partial charge in [0.2, 0.25) is 5.91 Å². The molecule has 174 valence electrons. The fourth-order valence-electron chi connectivity index (χ4n) is 8.11. The van der Waals surface area contributed by atoms with Gasteiger partial charge in [0.15, 0.2) is 0 Å². The molecule has 4 bridgehead atoms. The standard InChI is InChI=1S/C26H39N5O/c1-19-27-23(29-5-3-2-4-6-29)14-24(28-19)30-7-9-31(10-8-30)25(32)18-26-15-20-11-21(16-26)13-22(12-20)17-26/h14,20-22H,2-13,15-18H2,1H3. The molecular formula is C26H39N5O. The summed E-state index contributed by atoms with van der Waals surface area (Å²) in [4.78, 5) is 29.7. The third-order valence-corrected chi connectivity index (χ3v) is 9.14. The Kier molecular flexibility index (Phi) is 5.30. The van der Waals surface area contributed by atoms with E-state index in [0.717, 1.165) is 80.9 Å². The van der Waals surface area contributed by atoms with E-state index in [1.807, 2.05) is 6.92 Å². The van der Waals surface area contributed by atoms with Gasteiger partial charge in [-0.15, -0.1) is 0 Å². The monoisotopic (exact) mass is 437 g/mol. The van der Waals surface area contributed by atoms with E-state index < -0.39 is 0 Å². The van der Waals surface area contributed by atoms with Gasteiger partial charge < -0.3 is 14.7 Å². The minimum Gasteiger partial charge on any atom is -0.356 e. The fourth-order valence-corrected chi connectivity index (χ4v) is 8.11. The van der Waals surface area contributed by atoms with Crippen molar-refractivity contribution in [3.05, 3.63) is 11.9 Å². The first-order valence-corrected chi connectivity index (χ1v) is 13.2. The van der Waals surface area contributed by atoms with Crippen molar-refractivity contribution in [2.75, 3.05) is 49.1 Å². The number of piperidine rings is 1. The number of amides is 1. The smallest absolute Gasteiger partial charge is 0.223 e. The van der Waals surface area contributed by atoms with Crippen LogP contribution in [0.2, 0.25) is 0 Å².